The van der Waals surface area contributed by atoms with Crippen LogP contribution in [0.4, 0.5) is 5.95 Å². The zero-order valence-electron chi connectivity index (χ0n) is 11.5. The van der Waals surface area contributed by atoms with E-state index < -0.39 is 0 Å². The number of nitrogens with one attached hydrogen (secondary N) is 1. The van der Waals surface area contributed by atoms with Crippen LogP contribution in [0, 0.1) is 6.92 Å². The molecule has 0 radical (unpaired) electrons. The second-order valence-electron chi connectivity index (χ2n) is 5.17. The van der Waals surface area contributed by atoms with Crippen LogP contribution in [0.1, 0.15) is 51.4 Å². The molecule has 1 heterocycles. The molecule has 1 aromatic heterocycles. The third-order valence-electron chi connectivity index (χ3n) is 2.57. The molecule has 17 heavy (non-hydrogen) atoms. The van der Waals surface area contributed by atoms with Gasteiger partial charge in [-0.3, -0.25) is 0 Å². The van der Waals surface area contributed by atoms with Crippen molar-refractivity contribution in [3.63, 3.8) is 0 Å². The fourth-order valence-corrected chi connectivity index (χ4v) is 1.79. The summed E-state index contributed by atoms with van der Waals surface area (Å²) in [5.74, 6) is 1.13. The molecule has 0 saturated carbocycles. The van der Waals surface area contributed by atoms with Gasteiger partial charge in [0.25, 0.3) is 0 Å². The normalized spacial score (nSPS) is 14.8. The molecule has 2 atom stereocenters. The van der Waals surface area contributed by atoms with Gasteiger partial charge in [-0.25, -0.2) is 9.97 Å². The largest absolute Gasteiger partial charge is 0.352 e. The summed E-state index contributed by atoms with van der Waals surface area (Å²) in [5, 5.41) is 3.31. The molecule has 0 spiro atoms. The molecule has 0 aliphatic rings. The molecule has 1 aromatic rings. The smallest absolute Gasteiger partial charge is 0.223 e. The van der Waals surface area contributed by atoms with Gasteiger partial charge in [-0.1, -0.05) is 13.8 Å². The topological polar surface area (TPSA) is 63.8 Å². The predicted octanol–water partition coefficient (Wildman–Crippen LogP) is 2.45. The first-order valence-corrected chi connectivity index (χ1v) is 6.26. The Labute approximate surface area is 104 Å². The molecule has 0 fully saturated rings. The summed E-state index contributed by atoms with van der Waals surface area (Å²) < 4.78 is 0. The standard InChI is InChI=1S/C13H24N4/c1-8(2)12-7-11(5)16-13(17-12)15-10(4)6-9(3)14/h7-10H,6,14H2,1-5H3,(H,15,16,17). The van der Waals surface area contributed by atoms with E-state index in [-0.39, 0.29) is 12.1 Å². The minimum atomic E-state index is 0.187. The van der Waals surface area contributed by atoms with Gasteiger partial charge in [0, 0.05) is 23.5 Å². The summed E-state index contributed by atoms with van der Waals surface area (Å²) >= 11 is 0. The van der Waals surface area contributed by atoms with Gasteiger partial charge in [0.05, 0.1) is 0 Å². The maximum Gasteiger partial charge on any atom is 0.223 e. The van der Waals surface area contributed by atoms with Crippen molar-refractivity contribution in [2.75, 3.05) is 5.32 Å². The number of hydrogen-bond acceptors (Lipinski definition) is 4. The zero-order chi connectivity index (χ0) is 13.0. The predicted molar refractivity (Wildman–Crippen MR) is 72.2 cm³/mol. The van der Waals surface area contributed by atoms with Crippen molar-refractivity contribution in [3.05, 3.63) is 17.5 Å². The number of nitrogens with two attached hydrogens (primary N) is 1. The summed E-state index contributed by atoms with van der Waals surface area (Å²) in [6, 6.07) is 2.51. The Balaban J connectivity index is 2.77. The van der Waals surface area contributed by atoms with Gasteiger partial charge in [0.1, 0.15) is 0 Å². The number of aryl methyl sites for hydroxylation is 1. The Kier molecular flexibility index (Phi) is 4.87. The lowest BCUT2D eigenvalue weighted by Gasteiger charge is -2.17. The van der Waals surface area contributed by atoms with E-state index in [0.29, 0.717) is 11.9 Å². The Morgan fingerprint density at radius 2 is 1.88 bits per heavy atom. The molecule has 0 aromatic carbocycles. The van der Waals surface area contributed by atoms with E-state index in [1.165, 1.54) is 0 Å². The molecule has 1 rings (SSSR count). The fourth-order valence-electron chi connectivity index (χ4n) is 1.79. The average Bonchev–Trinajstić information content (AvgIpc) is 2.14. The van der Waals surface area contributed by atoms with Crippen molar-refractivity contribution in [3.8, 4) is 0 Å². The van der Waals surface area contributed by atoms with Gasteiger partial charge in [0.2, 0.25) is 5.95 Å². The molecule has 4 heteroatoms. The highest BCUT2D eigenvalue weighted by Gasteiger charge is 2.09. The fraction of sp³-hybridized carbons (Fsp3) is 0.692. The molecule has 2 unspecified atom stereocenters. The molecule has 0 aliphatic heterocycles. The van der Waals surface area contributed by atoms with Gasteiger partial charge in [0.15, 0.2) is 0 Å². The summed E-state index contributed by atoms with van der Waals surface area (Å²) in [6.45, 7) is 10.4. The number of rotatable bonds is 5. The Hall–Kier alpha value is -1.16. The molecule has 0 bridgehead atoms. The maximum absolute atomic E-state index is 5.77. The molecule has 0 saturated heterocycles. The number of anilines is 1. The van der Waals surface area contributed by atoms with Gasteiger partial charge in [-0.2, -0.15) is 0 Å². The van der Waals surface area contributed by atoms with Crippen molar-refractivity contribution in [1.29, 1.82) is 0 Å². The molecule has 0 aliphatic carbocycles. The van der Waals surface area contributed by atoms with E-state index in [9.17, 15) is 0 Å². The number of nitrogens with zero attached hydrogens (tertiary/aromatic N) is 2. The first kappa shape index (κ1) is 13.9. The molecule has 96 valence electrons. The van der Waals surface area contributed by atoms with Crippen LogP contribution in [0.15, 0.2) is 6.07 Å². The van der Waals surface area contributed by atoms with Gasteiger partial charge in [-0.15, -0.1) is 0 Å². The first-order valence-electron chi connectivity index (χ1n) is 6.26. The second-order valence-corrected chi connectivity index (χ2v) is 5.17. The van der Waals surface area contributed by atoms with Crippen molar-refractivity contribution >= 4 is 5.95 Å². The van der Waals surface area contributed by atoms with Crippen molar-refractivity contribution in [1.82, 2.24) is 9.97 Å². The van der Waals surface area contributed by atoms with E-state index in [0.717, 1.165) is 17.8 Å². The lowest BCUT2D eigenvalue weighted by atomic mass is 10.1. The van der Waals surface area contributed by atoms with Gasteiger partial charge >= 0.3 is 0 Å². The maximum atomic E-state index is 5.77. The Morgan fingerprint density at radius 3 is 2.41 bits per heavy atom. The Bertz CT molecular complexity index is 360. The quantitative estimate of drug-likeness (QED) is 0.824. The second kappa shape index (κ2) is 5.96. The minimum Gasteiger partial charge on any atom is -0.352 e. The van der Waals surface area contributed by atoms with Crippen molar-refractivity contribution < 1.29 is 0 Å². The Morgan fingerprint density at radius 1 is 1.24 bits per heavy atom. The van der Waals surface area contributed by atoms with Crippen LogP contribution >= 0.6 is 0 Å². The highest BCUT2D eigenvalue weighted by atomic mass is 15.1. The third-order valence-corrected chi connectivity index (χ3v) is 2.57. The van der Waals surface area contributed by atoms with Crippen LogP contribution < -0.4 is 11.1 Å². The van der Waals surface area contributed by atoms with Crippen molar-refractivity contribution in [2.45, 2.75) is 59.0 Å². The average molecular weight is 236 g/mol. The number of aromatic nitrogens is 2. The molecule has 3 N–H and O–H groups in total. The van der Waals surface area contributed by atoms with Crippen LogP contribution in [-0.4, -0.2) is 22.1 Å². The highest BCUT2D eigenvalue weighted by Crippen LogP contribution is 2.15. The van der Waals surface area contributed by atoms with E-state index in [1.807, 2.05) is 19.9 Å². The van der Waals surface area contributed by atoms with E-state index in [1.54, 1.807) is 0 Å². The van der Waals surface area contributed by atoms with Gasteiger partial charge in [-0.05, 0) is 39.2 Å². The SMILES string of the molecule is Cc1cc(C(C)C)nc(NC(C)CC(C)N)n1. The van der Waals surface area contributed by atoms with Crippen LogP contribution in [0.5, 0.6) is 0 Å². The van der Waals surface area contributed by atoms with E-state index in [2.05, 4.69) is 36.1 Å². The summed E-state index contributed by atoms with van der Waals surface area (Å²) in [5.41, 5.74) is 7.85. The van der Waals surface area contributed by atoms with Crippen LogP contribution in [0.2, 0.25) is 0 Å². The number of hydrogen-bond donors (Lipinski definition) is 2. The molecular weight excluding hydrogens is 212 g/mol. The summed E-state index contributed by atoms with van der Waals surface area (Å²) in [6.07, 6.45) is 0.911. The van der Waals surface area contributed by atoms with Gasteiger partial charge < -0.3 is 11.1 Å². The third kappa shape index (κ3) is 4.69. The van der Waals surface area contributed by atoms with Crippen LogP contribution in [-0.2, 0) is 0 Å². The lowest BCUT2D eigenvalue weighted by molar-refractivity contribution is 0.600. The first-order chi connectivity index (χ1) is 7.88. The molecule has 4 nitrogen and oxygen atoms in total. The van der Waals surface area contributed by atoms with Crippen molar-refractivity contribution in [2.24, 2.45) is 5.73 Å². The minimum absolute atomic E-state index is 0.187. The molecular formula is C13H24N4. The summed E-state index contributed by atoms with van der Waals surface area (Å²) in [4.78, 5) is 8.92. The monoisotopic (exact) mass is 236 g/mol. The van der Waals surface area contributed by atoms with E-state index >= 15 is 0 Å². The van der Waals surface area contributed by atoms with E-state index in [4.69, 9.17) is 5.73 Å². The lowest BCUT2D eigenvalue weighted by Crippen LogP contribution is -2.27. The van der Waals surface area contributed by atoms with Crippen LogP contribution in [0.3, 0.4) is 0 Å². The highest BCUT2D eigenvalue weighted by molar-refractivity contribution is 5.30. The summed E-state index contributed by atoms with van der Waals surface area (Å²) in [7, 11) is 0. The molecule has 0 amide bonds. The van der Waals surface area contributed by atoms with Crippen LogP contribution in [0.25, 0.3) is 0 Å². The zero-order valence-corrected chi connectivity index (χ0v) is 11.5.